The smallest absolute Gasteiger partial charge is 0.405 e. The number of hydrogen-bond acceptors (Lipinski definition) is 2. The van der Waals surface area contributed by atoms with Crippen LogP contribution in [0, 0.1) is 13.8 Å². The summed E-state index contributed by atoms with van der Waals surface area (Å²) in [7, 11) is 0. The van der Waals surface area contributed by atoms with Gasteiger partial charge in [-0.15, -0.1) is 0 Å². The van der Waals surface area contributed by atoms with Gasteiger partial charge in [0.15, 0.2) is 0 Å². The van der Waals surface area contributed by atoms with Crippen LogP contribution < -0.4 is 10.6 Å². The van der Waals surface area contributed by atoms with Crippen molar-refractivity contribution in [3.63, 3.8) is 0 Å². The number of nitrogens with one attached hydrogen (secondary N) is 2. The fourth-order valence-corrected chi connectivity index (χ4v) is 2.16. The van der Waals surface area contributed by atoms with Crippen molar-refractivity contribution in [1.82, 2.24) is 5.32 Å². The Labute approximate surface area is 129 Å². The lowest BCUT2D eigenvalue weighted by Crippen LogP contribution is -2.36. The Balaban J connectivity index is 2.26. The highest BCUT2D eigenvalue weighted by atomic mass is 16.4. The quantitative estimate of drug-likeness (QED) is 0.810. The summed E-state index contributed by atoms with van der Waals surface area (Å²) in [6.07, 6.45) is -1.25. The first kappa shape index (κ1) is 15.6. The van der Waals surface area contributed by atoms with Crippen LogP contribution >= 0.6 is 0 Å². The molecule has 0 spiro atoms. The Kier molecular flexibility index (Phi) is 4.78. The number of benzene rings is 2. The van der Waals surface area contributed by atoms with Gasteiger partial charge in [-0.05, 0) is 36.6 Å². The van der Waals surface area contributed by atoms with Crippen LogP contribution in [0.1, 0.15) is 22.7 Å². The van der Waals surface area contributed by atoms with Gasteiger partial charge in [-0.1, -0.05) is 42.5 Å². The summed E-state index contributed by atoms with van der Waals surface area (Å²) in [5.41, 5.74) is 3.28. The first-order valence-corrected chi connectivity index (χ1v) is 6.90. The van der Waals surface area contributed by atoms with Gasteiger partial charge in [0.1, 0.15) is 6.04 Å². The number of aryl methyl sites for hydroxylation is 1. The highest BCUT2D eigenvalue weighted by molar-refractivity contribution is 5.97. The predicted molar refractivity (Wildman–Crippen MR) is 84.9 cm³/mol. The first-order valence-electron chi connectivity index (χ1n) is 6.90. The third-order valence-corrected chi connectivity index (χ3v) is 3.53. The van der Waals surface area contributed by atoms with E-state index in [-0.39, 0.29) is 0 Å². The highest BCUT2D eigenvalue weighted by Gasteiger charge is 2.23. The Morgan fingerprint density at radius 1 is 1.00 bits per heavy atom. The number of carbonyl (C=O) groups excluding carboxylic acids is 1. The molecule has 0 aliphatic carbocycles. The lowest BCUT2D eigenvalue weighted by molar-refractivity contribution is -0.118. The van der Waals surface area contributed by atoms with Gasteiger partial charge >= 0.3 is 6.09 Å². The van der Waals surface area contributed by atoms with Crippen molar-refractivity contribution in [1.29, 1.82) is 0 Å². The maximum absolute atomic E-state index is 12.5. The molecule has 0 aliphatic rings. The summed E-state index contributed by atoms with van der Waals surface area (Å²) in [5.74, 6) is -0.415. The van der Waals surface area contributed by atoms with Crippen molar-refractivity contribution in [2.24, 2.45) is 0 Å². The molecule has 2 aromatic carbocycles. The van der Waals surface area contributed by atoms with Crippen LogP contribution in [-0.2, 0) is 4.79 Å². The first-order chi connectivity index (χ1) is 10.5. The minimum absolute atomic E-state index is 0.415. The average Bonchev–Trinajstić information content (AvgIpc) is 2.50. The predicted octanol–water partition coefficient (Wildman–Crippen LogP) is 3.25. The largest absolute Gasteiger partial charge is 0.465 e. The summed E-state index contributed by atoms with van der Waals surface area (Å²) in [4.78, 5) is 23.4. The maximum Gasteiger partial charge on any atom is 0.405 e. The number of carbonyl (C=O) groups is 2. The van der Waals surface area contributed by atoms with E-state index in [0.717, 1.165) is 11.1 Å². The Morgan fingerprint density at radius 2 is 1.68 bits per heavy atom. The number of carboxylic acid groups (broad SMARTS) is 1. The second-order valence-corrected chi connectivity index (χ2v) is 5.03. The molecule has 114 valence electrons. The van der Waals surface area contributed by atoms with Crippen LogP contribution in [0.2, 0.25) is 0 Å². The Bertz CT molecular complexity index is 684. The average molecular weight is 298 g/mol. The minimum atomic E-state index is -1.25. The summed E-state index contributed by atoms with van der Waals surface area (Å²) in [6, 6.07) is 13.4. The summed E-state index contributed by atoms with van der Waals surface area (Å²) < 4.78 is 0. The third kappa shape index (κ3) is 3.63. The monoisotopic (exact) mass is 298 g/mol. The van der Waals surface area contributed by atoms with Crippen molar-refractivity contribution in [3.05, 3.63) is 65.2 Å². The van der Waals surface area contributed by atoms with Crippen molar-refractivity contribution in [2.75, 3.05) is 5.32 Å². The van der Waals surface area contributed by atoms with E-state index in [1.165, 1.54) is 0 Å². The molecule has 0 saturated carbocycles. The molecule has 0 aliphatic heterocycles. The maximum atomic E-state index is 12.5. The molecule has 2 rings (SSSR count). The van der Waals surface area contributed by atoms with E-state index in [0.29, 0.717) is 11.3 Å². The normalized spacial score (nSPS) is 11.5. The summed E-state index contributed by atoms with van der Waals surface area (Å²) in [5, 5.41) is 14.0. The van der Waals surface area contributed by atoms with Gasteiger partial charge in [0.2, 0.25) is 0 Å². The molecule has 3 N–H and O–H groups in total. The zero-order valence-electron chi connectivity index (χ0n) is 12.5. The Hall–Kier alpha value is -2.82. The van der Waals surface area contributed by atoms with Gasteiger partial charge in [0.25, 0.3) is 5.91 Å². The zero-order valence-corrected chi connectivity index (χ0v) is 12.5. The SMILES string of the molecule is Cc1cccc(NC(=O)C(NC(=O)O)c2ccccc2)c1C. The van der Waals surface area contributed by atoms with E-state index >= 15 is 0 Å². The number of amides is 2. The molecular formula is C17H18N2O3. The van der Waals surface area contributed by atoms with Gasteiger partial charge in [-0.25, -0.2) is 4.79 Å². The van der Waals surface area contributed by atoms with Gasteiger partial charge in [0.05, 0.1) is 0 Å². The fraction of sp³-hybridized carbons (Fsp3) is 0.176. The molecule has 1 unspecified atom stereocenters. The van der Waals surface area contributed by atoms with Crippen LogP contribution in [0.4, 0.5) is 10.5 Å². The summed E-state index contributed by atoms with van der Waals surface area (Å²) >= 11 is 0. The van der Waals surface area contributed by atoms with Crippen LogP contribution in [0.25, 0.3) is 0 Å². The van der Waals surface area contributed by atoms with Crippen LogP contribution in [0.5, 0.6) is 0 Å². The van der Waals surface area contributed by atoms with E-state index in [4.69, 9.17) is 5.11 Å². The van der Waals surface area contributed by atoms with Gasteiger partial charge in [-0.2, -0.15) is 0 Å². The van der Waals surface area contributed by atoms with Crippen molar-refractivity contribution < 1.29 is 14.7 Å². The minimum Gasteiger partial charge on any atom is -0.465 e. The molecule has 0 bridgehead atoms. The molecule has 0 saturated heterocycles. The molecule has 5 heteroatoms. The lowest BCUT2D eigenvalue weighted by atomic mass is 10.0. The van der Waals surface area contributed by atoms with Gasteiger partial charge in [0, 0.05) is 5.69 Å². The molecule has 5 nitrogen and oxygen atoms in total. The van der Waals surface area contributed by atoms with E-state index in [1.807, 2.05) is 32.0 Å². The van der Waals surface area contributed by atoms with Crippen LogP contribution in [0.15, 0.2) is 48.5 Å². The molecule has 22 heavy (non-hydrogen) atoms. The second-order valence-electron chi connectivity index (χ2n) is 5.03. The molecule has 0 heterocycles. The lowest BCUT2D eigenvalue weighted by Gasteiger charge is -2.18. The zero-order chi connectivity index (χ0) is 16.1. The third-order valence-electron chi connectivity index (χ3n) is 3.53. The van der Waals surface area contributed by atoms with Crippen LogP contribution in [-0.4, -0.2) is 17.1 Å². The van der Waals surface area contributed by atoms with Crippen molar-refractivity contribution >= 4 is 17.7 Å². The van der Waals surface area contributed by atoms with Crippen molar-refractivity contribution in [3.8, 4) is 0 Å². The highest BCUT2D eigenvalue weighted by Crippen LogP contribution is 2.21. The number of anilines is 1. The summed E-state index contributed by atoms with van der Waals surface area (Å²) in [6.45, 7) is 3.86. The topological polar surface area (TPSA) is 78.4 Å². The van der Waals surface area contributed by atoms with E-state index in [1.54, 1.807) is 30.3 Å². The van der Waals surface area contributed by atoms with Gasteiger partial charge < -0.3 is 15.7 Å². The molecule has 0 radical (unpaired) electrons. The van der Waals surface area contributed by atoms with E-state index < -0.39 is 18.0 Å². The standard InChI is InChI=1S/C17H18N2O3/c1-11-7-6-10-14(12(11)2)18-16(20)15(19-17(21)22)13-8-4-3-5-9-13/h3-10,15,19H,1-2H3,(H,18,20)(H,21,22). The Morgan fingerprint density at radius 3 is 2.32 bits per heavy atom. The van der Waals surface area contributed by atoms with Gasteiger partial charge in [-0.3, -0.25) is 4.79 Å². The number of rotatable bonds is 4. The molecule has 2 aromatic rings. The number of hydrogen-bond donors (Lipinski definition) is 3. The van der Waals surface area contributed by atoms with Crippen molar-refractivity contribution in [2.45, 2.75) is 19.9 Å². The fourth-order valence-electron chi connectivity index (χ4n) is 2.16. The molecular weight excluding hydrogens is 280 g/mol. The molecule has 0 fully saturated rings. The molecule has 2 amide bonds. The second kappa shape index (κ2) is 6.76. The van der Waals surface area contributed by atoms with Crippen LogP contribution in [0.3, 0.4) is 0 Å². The molecule has 0 aromatic heterocycles. The van der Waals surface area contributed by atoms with E-state index in [9.17, 15) is 9.59 Å². The van der Waals surface area contributed by atoms with E-state index in [2.05, 4.69) is 10.6 Å². The molecule has 1 atom stereocenters.